The van der Waals surface area contributed by atoms with Crippen LogP contribution in [0.3, 0.4) is 0 Å². The van der Waals surface area contributed by atoms with Gasteiger partial charge >= 0.3 is 12.1 Å². The molecule has 6 heteroatoms. The lowest BCUT2D eigenvalue weighted by molar-refractivity contribution is -0.146. The third kappa shape index (κ3) is 2.41. The van der Waals surface area contributed by atoms with E-state index in [1.807, 2.05) is 0 Å². The molecular formula is C11H12F3NO2. The van der Waals surface area contributed by atoms with E-state index in [0.717, 1.165) is 12.1 Å². The van der Waals surface area contributed by atoms with E-state index in [-0.39, 0.29) is 5.56 Å². The Bertz CT molecular complexity index is 431. The van der Waals surface area contributed by atoms with Gasteiger partial charge in [0.2, 0.25) is 0 Å². The fourth-order valence-electron chi connectivity index (χ4n) is 1.52. The lowest BCUT2D eigenvalue weighted by Crippen LogP contribution is -2.45. The molecule has 0 aromatic heterocycles. The second-order valence-electron chi connectivity index (χ2n) is 3.72. The highest BCUT2D eigenvalue weighted by molar-refractivity contribution is 5.80. The number of halogens is 3. The zero-order chi connectivity index (χ0) is 13.3. The quantitative estimate of drug-likeness (QED) is 0.861. The third-order valence-electron chi connectivity index (χ3n) is 2.70. The van der Waals surface area contributed by atoms with E-state index in [0.29, 0.717) is 0 Å². The van der Waals surface area contributed by atoms with Crippen molar-refractivity contribution < 1.29 is 23.1 Å². The van der Waals surface area contributed by atoms with Crippen molar-refractivity contribution in [1.82, 2.24) is 5.32 Å². The molecule has 1 aromatic rings. The molecule has 0 heterocycles. The summed E-state index contributed by atoms with van der Waals surface area (Å²) in [5.41, 5.74) is -3.02. The Morgan fingerprint density at radius 3 is 2.06 bits per heavy atom. The van der Waals surface area contributed by atoms with Crippen molar-refractivity contribution in [2.24, 2.45) is 0 Å². The number of benzene rings is 1. The first-order valence-corrected chi connectivity index (χ1v) is 4.82. The van der Waals surface area contributed by atoms with Crippen molar-refractivity contribution in [2.45, 2.75) is 18.6 Å². The molecule has 0 spiro atoms. The molecule has 0 aliphatic rings. The van der Waals surface area contributed by atoms with Gasteiger partial charge in [-0.1, -0.05) is 18.2 Å². The van der Waals surface area contributed by atoms with Crippen LogP contribution in [0, 0.1) is 0 Å². The molecule has 0 fully saturated rings. The van der Waals surface area contributed by atoms with E-state index in [1.54, 1.807) is 0 Å². The maximum Gasteiger partial charge on any atom is 0.416 e. The summed E-state index contributed by atoms with van der Waals surface area (Å²) in [6.07, 6.45) is -4.58. The number of carbonyl (C=O) groups is 1. The molecule has 0 saturated heterocycles. The van der Waals surface area contributed by atoms with Crippen LogP contribution in [0.1, 0.15) is 18.1 Å². The number of alkyl halides is 3. The van der Waals surface area contributed by atoms with Crippen molar-refractivity contribution in [1.29, 1.82) is 0 Å². The lowest BCUT2D eigenvalue weighted by atomic mass is 9.88. The van der Waals surface area contributed by atoms with Gasteiger partial charge < -0.3 is 10.4 Å². The van der Waals surface area contributed by atoms with Gasteiger partial charge in [0.15, 0.2) is 0 Å². The van der Waals surface area contributed by atoms with E-state index < -0.39 is 23.2 Å². The summed E-state index contributed by atoms with van der Waals surface area (Å²) in [6, 6.07) is 4.63. The standard InChI is InChI=1S/C11H12F3NO2/c1-10(15-2,9(16)17)7-5-3-4-6-8(7)11(12,13)14/h3-6,15H,1-2H3,(H,16,17)/t10-/m0/s1. The first-order chi connectivity index (χ1) is 7.73. The minimum absolute atomic E-state index is 0.303. The molecule has 94 valence electrons. The Balaban J connectivity index is 3.46. The van der Waals surface area contributed by atoms with Crippen molar-refractivity contribution >= 4 is 5.97 Å². The number of aliphatic carboxylic acids is 1. The molecule has 3 nitrogen and oxygen atoms in total. The first kappa shape index (κ1) is 13.5. The average molecular weight is 247 g/mol. The monoisotopic (exact) mass is 247 g/mol. The van der Waals surface area contributed by atoms with Gasteiger partial charge in [0.05, 0.1) is 5.56 Å². The van der Waals surface area contributed by atoms with Gasteiger partial charge in [-0.3, -0.25) is 0 Å². The minimum Gasteiger partial charge on any atom is -0.480 e. The molecule has 0 amide bonds. The molecule has 0 unspecified atom stereocenters. The number of carboxylic acids is 1. The summed E-state index contributed by atoms with van der Waals surface area (Å²) < 4.78 is 38.3. The van der Waals surface area contributed by atoms with Crippen LogP contribution in [0.5, 0.6) is 0 Å². The number of likely N-dealkylation sites (N-methyl/N-ethyl adjacent to an activating group) is 1. The first-order valence-electron chi connectivity index (χ1n) is 4.82. The normalized spacial score (nSPS) is 15.4. The van der Waals surface area contributed by atoms with Gasteiger partial charge in [0.1, 0.15) is 5.54 Å². The second-order valence-corrected chi connectivity index (χ2v) is 3.72. The molecule has 0 saturated carbocycles. The van der Waals surface area contributed by atoms with Gasteiger partial charge in [0.25, 0.3) is 0 Å². The molecule has 0 aliphatic carbocycles. The van der Waals surface area contributed by atoms with Crippen molar-refractivity contribution in [2.75, 3.05) is 7.05 Å². The van der Waals surface area contributed by atoms with Crippen molar-refractivity contribution in [3.05, 3.63) is 35.4 Å². The number of carboxylic acid groups (broad SMARTS) is 1. The molecule has 1 aromatic carbocycles. The van der Waals surface area contributed by atoms with Gasteiger partial charge in [-0.15, -0.1) is 0 Å². The highest BCUT2D eigenvalue weighted by Crippen LogP contribution is 2.36. The van der Waals surface area contributed by atoms with Crippen molar-refractivity contribution in [3.63, 3.8) is 0 Å². The van der Waals surface area contributed by atoms with E-state index in [4.69, 9.17) is 5.11 Å². The summed E-state index contributed by atoms with van der Waals surface area (Å²) in [6.45, 7) is 1.19. The Labute approximate surface area is 96.3 Å². The van der Waals surface area contributed by atoms with Crippen LogP contribution in [0.25, 0.3) is 0 Å². The van der Waals surface area contributed by atoms with Crippen molar-refractivity contribution in [3.8, 4) is 0 Å². The molecule has 0 aliphatic heterocycles. The molecule has 17 heavy (non-hydrogen) atoms. The summed E-state index contributed by atoms with van der Waals surface area (Å²) in [5.74, 6) is -1.36. The number of hydrogen-bond donors (Lipinski definition) is 2. The van der Waals surface area contributed by atoms with E-state index in [1.165, 1.54) is 26.1 Å². The van der Waals surface area contributed by atoms with Gasteiger partial charge in [-0.2, -0.15) is 13.2 Å². The fourth-order valence-corrected chi connectivity index (χ4v) is 1.52. The smallest absolute Gasteiger partial charge is 0.416 e. The largest absolute Gasteiger partial charge is 0.480 e. The van der Waals surface area contributed by atoms with Gasteiger partial charge in [0, 0.05) is 0 Å². The Morgan fingerprint density at radius 2 is 1.71 bits per heavy atom. The van der Waals surface area contributed by atoms with E-state index in [9.17, 15) is 18.0 Å². The molecule has 2 N–H and O–H groups in total. The third-order valence-corrected chi connectivity index (χ3v) is 2.70. The van der Waals surface area contributed by atoms with Crippen LogP contribution >= 0.6 is 0 Å². The zero-order valence-electron chi connectivity index (χ0n) is 9.30. The van der Waals surface area contributed by atoms with Crippen LogP contribution in [0.15, 0.2) is 24.3 Å². The SMILES string of the molecule is CN[C@](C)(C(=O)O)c1ccccc1C(F)(F)F. The highest BCUT2D eigenvalue weighted by Gasteiger charge is 2.42. The van der Waals surface area contributed by atoms with Crippen LogP contribution in [-0.2, 0) is 16.5 Å². The van der Waals surface area contributed by atoms with E-state index in [2.05, 4.69) is 5.32 Å². The predicted molar refractivity (Wildman–Crippen MR) is 55.5 cm³/mol. The summed E-state index contributed by atoms with van der Waals surface area (Å²) in [5, 5.41) is 11.5. The number of hydrogen-bond acceptors (Lipinski definition) is 2. The fraction of sp³-hybridized carbons (Fsp3) is 0.364. The zero-order valence-corrected chi connectivity index (χ0v) is 9.30. The maximum absolute atomic E-state index is 12.8. The summed E-state index contributed by atoms with van der Waals surface area (Å²) in [7, 11) is 1.31. The lowest BCUT2D eigenvalue weighted by Gasteiger charge is -2.27. The van der Waals surface area contributed by atoms with Gasteiger partial charge in [-0.25, -0.2) is 4.79 Å². The minimum atomic E-state index is -4.58. The average Bonchev–Trinajstić information content (AvgIpc) is 2.26. The van der Waals surface area contributed by atoms with Crippen LogP contribution in [0.4, 0.5) is 13.2 Å². The molecule has 0 radical (unpaired) electrons. The molecular weight excluding hydrogens is 235 g/mol. The molecule has 1 rings (SSSR count). The summed E-state index contributed by atoms with van der Waals surface area (Å²) >= 11 is 0. The van der Waals surface area contributed by atoms with Crippen LogP contribution in [-0.4, -0.2) is 18.1 Å². The Kier molecular flexibility index (Phi) is 3.47. The molecule has 0 bridgehead atoms. The number of nitrogens with one attached hydrogen (secondary N) is 1. The topological polar surface area (TPSA) is 49.3 Å². The maximum atomic E-state index is 12.8. The van der Waals surface area contributed by atoms with Gasteiger partial charge in [-0.05, 0) is 25.6 Å². The van der Waals surface area contributed by atoms with Crippen LogP contribution in [0.2, 0.25) is 0 Å². The highest BCUT2D eigenvalue weighted by atomic mass is 19.4. The predicted octanol–water partition coefficient (Wildman–Crippen LogP) is 2.22. The number of rotatable bonds is 3. The summed E-state index contributed by atoms with van der Waals surface area (Å²) in [4.78, 5) is 11.1. The Morgan fingerprint density at radius 1 is 1.24 bits per heavy atom. The van der Waals surface area contributed by atoms with E-state index >= 15 is 0 Å². The van der Waals surface area contributed by atoms with Crippen LogP contribution < -0.4 is 5.32 Å². The Hall–Kier alpha value is -1.56. The second kappa shape index (κ2) is 4.37. The molecule has 1 atom stereocenters.